The molecule has 1 aliphatic rings. The third-order valence-corrected chi connectivity index (χ3v) is 1.95. The molecule has 0 aromatic heterocycles. The van der Waals surface area contributed by atoms with Crippen LogP contribution in [0.5, 0.6) is 0 Å². The zero-order chi connectivity index (χ0) is 8.10. The second kappa shape index (κ2) is 4.34. The fourth-order valence-corrected chi connectivity index (χ4v) is 1.43. The average molecular weight is 156 g/mol. The Labute approximate surface area is 67.5 Å². The first-order chi connectivity index (χ1) is 5.29. The molecule has 11 heavy (non-hydrogen) atoms. The maximum absolute atomic E-state index is 10.7. The van der Waals surface area contributed by atoms with Gasteiger partial charge >= 0.3 is 0 Å². The molecule has 3 nitrogen and oxygen atoms in total. The van der Waals surface area contributed by atoms with E-state index in [2.05, 4.69) is 10.6 Å². The minimum Gasteiger partial charge on any atom is -0.352 e. The molecule has 0 aromatic rings. The van der Waals surface area contributed by atoms with E-state index in [4.69, 9.17) is 0 Å². The van der Waals surface area contributed by atoms with Crippen LogP contribution >= 0.6 is 0 Å². The standard InChI is InChI=1S/C8H16N2O/c1-7(11)10-8-4-2-3-5-9-6-8/h8-9H,2-6H2,1H3,(H,10,11). The Kier molecular flexibility index (Phi) is 3.36. The molecule has 0 aromatic carbocycles. The monoisotopic (exact) mass is 156 g/mol. The summed E-state index contributed by atoms with van der Waals surface area (Å²) in [6.45, 7) is 3.60. The van der Waals surface area contributed by atoms with Crippen LogP contribution in [-0.2, 0) is 4.79 Å². The van der Waals surface area contributed by atoms with Crippen LogP contribution < -0.4 is 10.6 Å². The van der Waals surface area contributed by atoms with E-state index in [0.717, 1.165) is 19.5 Å². The van der Waals surface area contributed by atoms with Crippen molar-refractivity contribution in [2.45, 2.75) is 32.2 Å². The largest absolute Gasteiger partial charge is 0.352 e. The highest BCUT2D eigenvalue weighted by molar-refractivity contribution is 5.73. The topological polar surface area (TPSA) is 41.1 Å². The molecule has 1 amide bonds. The van der Waals surface area contributed by atoms with E-state index >= 15 is 0 Å². The molecule has 1 saturated heterocycles. The maximum atomic E-state index is 10.7. The Balaban J connectivity index is 2.25. The van der Waals surface area contributed by atoms with Gasteiger partial charge in [-0.05, 0) is 19.4 Å². The molecule has 2 N–H and O–H groups in total. The molecule has 1 atom stereocenters. The summed E-state index contributed by atoms with van der Waals surface area (Å²) < 4.78 is 0. The van der Waals surface area contributed by atoms with E-state index in [9.17, 15) is 4.79 Å². The van der Waals surface area contributed by atoms with Gasteiger partial charge < -0.3 is 10.6 Å². The first kappa shape index (κ1) is 8.53. The fourth-order valence-electron chi connectivity index (χ4n) is 1.43. The van der Waals surface area contributed by atoms with Crippen LogP contribution in [0.1, 0.15) is 26.2 Å². The molecular formula is C8H16N2O. The lowest BCUT2D eigenvalue weighted by atomic mass is 10.1. The van der Waals surface area contributed by atoms with Gasteiger partial charge in [0.2, 0.25) is 5.91 Å². The molecule has 0 saturated carbocycles. The molecule has 0 spiro atoms. The van der Waals surface area contributed by atoms with Crippen LogP contribution in [0.25, 0.3) is 0 Å². The summed E-state index contributed by atoms with van der Waals surface area (Å²) in [7, 11) is 0. The highest BCUT2D eigenvalue weighted by Gasteiger charge is 2.11. The van der Waals surface area contributed by atoms with Crippen molar-refractivity contribution >= 4 is 5.91 Å². The summed E-state index contributed by atoms with van der Waals surface area (Å²) in [6.07, 6.45) is 3.57. The summed E-state index contributed by atoms with van der Waals surface area (Å²) in [4.78, 5) is 10.7. The van der Waals surface area contributed by atoms with E-state index in [1.807, 2.05) is 0 Å². The van der Waals surface area contributed by atoms with Gasteiger partial charge in [-0.3, -0.25) is 4.79 Å². The van der Waals surface area contributed by atoms with Crippen LogP contribution in [0.2, 0.25) is 0 Å². The lowest BCUT2D eigenvalue weighted by molar-refractivity contribution is -0.119. The van der Waals surface area contributed by atoms with E-state index in [0.29, 0.717) is 6.04 Å². The van der Waals surface area contributed by atoms with Crippen LogP contribution in [0.15, 0.2) is 0 Å². The number of hydrogen-bond acceptors (Lipinski definition) is 2. The van der Waals surface area contributed by atoms with Gasteiger partial charge in [-0.15, -0.1) is 0 Å². The van der Waals surface area contributed by atoms with Gasteiger partial charge in [-0.1, -0.05) is 6.42 Å². The smallest absolute Gasteiger partial charge is 0.217 e. The second-order valence-corrected chi connectivity index (χ2v) is 3.10. The molecule has 1 heterocycles. The van der Waals surface area contributed by atoms with Crippen molar-refractivity contribution in [2.75, 3.05) is 13.1 Å². The molecule has 0 radical (unpaired) electrons. The number of carbonyl (C=O) groups excluding carboxylic acids is 1. The Morgan fingerprint density at radius 1 is 1.55 bits per heavy atom. The SMILES string of the molecule is CC(=O)NC1CCCCNC1. The van der Waals surface area contributed by atoms with E-state index in [-0.39, 0.29) is 5.91 Å². The molecular weight excluding hydrogens is 140 g/mol. The summed E-state index contributed by atoms with van der Waals surface area (Å²) in [5.41, 5.74) is 0. The quantitative estimate of drug-likeness (QED) is 0.572. The molecule has 1 aliphatic heterocycles. The van der Waals surface area contributed by atoms with Crippen molar-refractivity contribution in [3.05, 3.63) is 0 Å². The third-order valence-electron chi connectivity index (χ3n) is 1.95. The molecule has 64 valence electrons. The average Bonchev–Trinajstić information content (AvgIpc) is 2.14. The molecule has 1 rings (SSSR count). The van der Waals surface area contributed by atoms with Crippen LogP contribution in [0.3, 0.4) is 0 Å². The minimum atomic E-state index is 0.0821. The van der Waals surface area contributed by atoms with Gasteiger partial charge in [0.1, 0.15) is 0 Å². The lowest BCUT2D eigenvalue weighted by Gasteiger charge is -2.14. The Bertz CT molecular complexity index is 128. The lowest BCUT2D eigenvalue weighted by Crippen LogP contribution is -2.39. The van der Waals surface area contributed by atoms with Gasteiger partial charge in [0.15, 0.2) is 0 Å². The van der Waals surface area contributed by atoms with E-state index < -0.39 is 0 Å². The first-order valence-corrected chi connectivity index (χ1v) is 4.27. The highest BCUT2D eigenvalue weighted by atomic mass is 16.1. The van der Waals surface area contributed by atoms with Crippen molar-refractivity contribution in [3.8, 4) is 0 Å². The number of rotatable bonds is 1. The zero-order valence-corrected chi connectivity index (χ0v) is 7.02. The molecule has 0 bridgehead atoms. The zero-order valence-electron chi connectivity index (χ0n) is 7.02. The Morgan fingerprint density at radius 2 is 2.36 bits per heavy atom. The number of nitrogens with one attached hydrogen (secondary N) is 2. The molecule has 3 heteroatoms. The van der Waals surface area contributed by atoms with Gasteiger partial charge in [-0.25, -0.2) is 0 Å². The molecule has 1 fully saturated rings. The number of hydrogen-bond donors (Lipinski definition) is 2. The van der Waals surface area contributed by atoms with E-state index in [1.165, 1.54) is 12.8 Å². The van der Waals surface area contributed by atoms with Gasteiger partial charge in [0.05, 0.1) is 0 Å². The Morgan fingerprint density at radius 3 is 3.09 bits per heavy atom. The highest BCUT2D eigenvalue weighted by Crippen LogP contribution is 2.03. The predicted octanol–water partition coefficient (Wildman–Crippen LogP) is 0.265. The summed E-state index contributed by atoms with van der Waals surface area (Å²) in [6, 6.07) is 0.356. The maximum Gasteiger partial charge on any atom is 0.217 e. The summed E-state index contributed by atoms with van der Waals surface area (Å²) in [5.74, 6) is 0.0821. The number of amides is 1. The van der Waals surface area contributed by atoms with Gasteiger partial charge in [0.25, 0.3) is 0 Å². The van der Waals surface area contributed by atoms with Crippen LogP contribution in [0.4, 0.5) is 0 Å². The first-order valence-electron chi connectivity index (χ1n) is 4.27. The van der Waals surface area contributed by atoms with Gasteiger partial charge in [-0.2, -0.15) is 0 Å². The predicted molar refractivity (Wildman–Crippen MR) is 44.3 cm³/mol. The minimum absolute atomic E-state index is 0.0821. The number of carbonyl (C=O) groups is 1. The third kappa shape index (κ3) is 3.37. The molecule has 0 aliphatic carbocycles. The van der Waals surface area contributed by atoms with Crippen molar-refractivity contribution in [2.24, 2.45) is 0 Å². The van der Waals surface area contributed by atoms with E-state index in [1.54, 1.807) is 6.92 Å². The van der Waals surface area contributed by atoms with Crippen molar-refractivity contribution < 1.29 is 4.79 Å². The Hall–Kier alpha value is -0.570. The van der Waals surface area contributed by atoms with Crippen LogP contribution in [0, 0.1) is 0 Å². The fraction of sp³-hybridized carbons (Fsp3) is 0.875. The van der Waals surface area contributed by atoms with Gasteiger partial charge in [0, 0.05) is 19.5 Å². The van der Waals surface area contributed by atoms with Crippen molar-refractivity contribution in [1.82, 2.24) is 10.6 Å². The summed E-state index contributed by atoms with van der Waals surface area (Å²) in [5, 5.41) is 6.21. The summed E-state index contributed by atoms with van der Waals surface area (Å²) >= 11 is 0. The normalized spacial score (nSPS) is 25.7. The van der Waals surface area contributed by atoms with Crippen LogP contribution in [-0.4, -0.2) is 25.0 Å². The molecule has 1 unspecified atom stereocenters. The second-order valence-electron chi connectivity index (χ2n) is 3.10. The van der Waals surface area contributed by atoms with Crippen molar-refractivity contribution in [3.63, 3.8) is 0 Å². The van der Waals surface area contributed by atoms with Crippen molar-refractivity contribution in [1.29, 1.82) is 0 Å².